The number of carbonyl (C=O) groups is 1. The van der Waals surface area contributed by atoms with Gasteiger partial charge in [0.15, 0.2) is 0 Å². The molecule has 1 aromatic rings. The molecule has 1 unspecified atom stereocenters. The smallest absolute Gasteiger partial charge is 0.256 e. The molecule has 92 valence electrons. The predicted octanol–water partition coefficient (Wildman–Crippen LogP) is 0.657. The van der Waals surface area contributed by atoms with Crippen LogP contribution in [0.4, 0.5) is 0 Å². The normalized spacial score (nSPS) is 19.7. The Morgan fingerprint density at radius 1 is 1.53 bits per heavy atom. The fourth-order valence-electron chi connectivity index (χ4n) is 2.27. The van der Waals surface area contributed by atoms with E-state index in [1.807, 2.05) is 18.7 Å². The molecule has 0 saturated carbocycles. The van der Waals surface area contributed by atoms with Gasteiger partial charge < -0.3 is 10.6 Å². The highest BCUT2D eigenvalue weighted by atomic mass is 16.2. The Morgan fingerprint density at radius 2 is 2.29 bits per heavy atom. The summed E-state index contributed by atoms with van der Waals surface area (Å²) in [6.45, 7) is 4.98. The molecule has 1 saturated heterocycles. The highest BCUT2D eigenvalue weighted by Gasteiger charge is 2.29. The van der Waals surface area contributed by atoms with E-state index in [4.69, 9.17) is 5.73 Å². The number of likely N-dealkylation sites (tertiary alicyclic amines) is 1. The first kappa shape index (κ1) is 12.0. The first-order chi connectivity index (χ1) is 8.13. The minimum Gasteiger partial charge on any atom is -0.334 e. The molecule has 1 aromatic heterocycles. The van der Waals surface area contributed by atoms with Crippen molar-refractivity contribution < 1.29 is 4.79 Å². The van der Waals surface area contributed by atoms with Crippen LogP contribution >= 0.6 is 0 Å². The number of nitrogens with two attached hydrogens (primary N) is 1. The Morgan fingerprint density at radius 3 is 3.00 bits per heavy atom. The van der Waals surface area contributed by atoms with Gasteiger partial charge in [-0.25, -0.2) is 0 Å². The summed E-state index contributed by atoms with van der Waals surface area (Å²) in [6.07, 6.45) is 2.03. The lowest BCUT2D eigenvalue weighted by molar-refractivity contribution is 0.0739. The minimum absolute atomic E-state index is 0.0356. The summed E-state index contributed by atoms with van der Waals surface area (Å²) in [5, 5.41) is 7.94. The molecule has 1 aliphatic rings. The van der Waals surface area contributed by atoms with Gasteiger partial charge in [0.2, 0.25) is 0 Å². The van der Waals surface area contributed by atoms with E-state index >= 15 is 0 Å². The maximum Gasteiger partial charge on any atom is 0.256 e. The Bertz CT molecular complexity index is 433. The van der Waals surface area contributed by atoms with Crippen LogP contribution in [0.15, 0.2) is 6.07 Å². The maximum atomic E-state index is 12.4. The van der Waals surface area contributed by atoms with E-state index < -0.39 is 0 Å². The SMILES string of the molecule is Cc1cc(C(=O)N2CCCC2CN)c(C)nn1. The van der Waals surface area contributed by atoms with Gasteiger partial charge in [-0.3, -0.25) is 4.79 Å². The molecule has 2 rings (SSSR count). The van der Waals surface area contributed by atoms with E-state index in [0.717, 1.165) is 25.1 Å². The van der Waals surface area contributed by atoms with Gasteiger partial charge in [-0.15, -0.1) is 0 Å². The van der Waals surface area contributed by atoms with Crippen LogP contribution in [0.25, 0.3) is 0 Å². The van der Waals surface area contributed by atoms with E-state index in [-0.39, 0.29) is 11.9 Å². The summed E-state index contributed by atoms with van der Waals surface area (Å²) < 4.78 is 0. The molecule has 2 N–H and O–H groups in total. The summed E-state index contributed by atoms with van der Waals surface area (Å²) in [7, 11) is 0. The van der Waals surface area contributed by atoms with Gasteiger partial charge in [-0.05, 0) is 32.8 Å². The Balaban J connectivity index is 2.27. The van der Waals surface area contributed by atoms with E-state index in [1.165, 1.54) is 0 Å². The van der Waals surface area contributed by atoms with E-state index in [1.54, 1.807) is 6.07 Å². The highest BCUT2D eigenvalue weighted by molar-refractivity contribution is 5.95. The molecule has 0 bridgehead atoms. The number of nitrogens with zero attached hydrogens (tertiary/aromatic N) is 3. The zero-order valence-electron chi connectivity index (χ0n) is 10.3. The maximum absolute atomic E-state index is 12.4. The molecule has 0 radical (unpaired) electrons. The molecule has 1 amide bonds. The summed E-state index contributed by atoms with van der Waals surface area (Å²) in [4.78, 5) is 14.3. The lowest BCUT2D eigenvalue weighted by atomic mass is 10.1. The van der Waals surface area contributed by atoms with E-state index in [0.29, 0.717) is 17.8 Å². The lowest BCUT2D eigenvalue weighted by Crippen LogP contribution is -2.40. The molecule has 5 nitrogen and oxygen atoms in total. The van der Waals surface area contributed by atoms with Gasteiger partial charge in [0.1, 0.15) is 0 Å². The number of hydrogen-bond acceptors (Lipinski definition) is 4. The molecular formula is C12H18N4O. The lowest BCUT2D eigenvalue weighted by Gasteiger charge is -2.24. The van der Waals surface area contributed by atoms with Crippen LogP contribution < -0.4 is 5.73 Å². The van der Waals surface area contributed by atoms with Gasteiger partial charge in [0, 0.05) is 19.1 Å². The number of aryl methyl sites for hydroxylation is 2. The molecule has 1 atom stereocenters. The van der Waals surface area contributed by atoms with Crippen molar-refractivity contribution in [2.75, 3.05) is 13.1 Å². The van der Waals surface area contributed by atoms with Crippen molar-refractivity contribution >= 4 is 5.91 Å². The first-order valence-electron chi connectivity index (χ1n) is 5.95. The van der Waals surface area contributed by atoms with Crippen LogP contribution in [-0.2, 0) is 0 Å². The topological polar surface area (TPSA) is 72.1 Å². The fourth-order valence-corrected chi connectivity index (χ4v) is 2.27. The molecular weight excluding hydrogens is 216 g/mol. The molecule has 1 aliphatic heterocycles. The molecule has 0 spiro atoms. The van der Waals surface area contributed by atoms with Gasteiger partial charge in [0.05, 0.1) is 17.0 Å². The van der Waals surface area contributed by atoms with Crippen molar-refractivity contribution in [3.8, 4) is 0 Å². The number of rotatable bonds is 2. The van der Waals surface area contributed by atoms with Crippen LogP contribution in [0.2, 0.25) is 0 Å². The number of carbonyl (C=O) groups excluding carboxylic acids is 1. The quantitative estimate of drug-likeness (QED) is 0.815. The zero-order valence-corrected chi connectivity index (χ0v) is 10.3. The minimum atomic E-state index is 0.0356. The van der Waals surface area contributed by atoms with Crippen molar-refractivity contribution in [2.24, 2.45) is 5.73 Å². The molecule has 0 aromatic carbocycles. The standard InChI is InChI=1S/C12H18N4O/c1-8-6-11(9(2)15-14-8)12(17)16-5-3-4-10(16)7-13/h6,10H,3-5,7,13H2,1-2H3. The second kappa shape index (κ2) is 4.79. The summed E-state index contributed by atoms with van der Waals surface area (Å²) in [6, 6.07) is 1.98. The van der Waals surface area contributed by atoms with Crippen LogP contribution in [-0.4, -0.2) is 40.1 Å². The summed E-state index contributed by atoms with van der Waals surface area (Å²) in [5.41, 5.74) is 7.79. The van der Waals surface area contributed by atoms with E-state index in [9.17, 15) is 4.79 Å². The van der Waals surface area contributed by atoms with Gasteiger partial charge >= 0.3 is 0 Å². The average Bonchev–Trinajstić information content (AvgIpc) is 2.79. The van der Waals surface area contributed by atoms with Crippen LogP contribution in [0.1, 0.15) is 34.6 Å². The summed E-state index contributed by atoms with van der Waals surface area (Å²) in [5.74, 6) is 0.0356. The van der Waals surface area contributed by atoms with Crippen molar-refractivity contribution in [3.05, 3.63) is 23.0 Å². The molecule has 2 heterocycles. The molecule has 17 heavy (non-hydrogen) atoms. The van der Waals surface area contributed by atoms with Crippen LogP contribution in [0.3, 0.4) is 0 Å². The third-order valence-corrected chi connectivity index (χ3v) is 3.24. The molecule has 1 fully saturated rings. The first-order valence-corrected chi connectivity index (χ1v) is 5.95. The highest BCUT2D eigenvalue weighted by Crippen LogP contribution is 2.20. The summed E-state index contributed by atoms with van der Waals surface area (Å²) >= 11 is 0. The predicted molar refractivity (Wildman–Crippen MR) is 64.6 cm³/mol. The number of aromatic nitrogens is 2. The van der Waals surface area contributed by atoms with Crippen LogP contribution in [0, 0.1) is 13.8 Å². The van der Waals surface area contributed by atoms with E-state index in [2.05, 4.69) is 10.2 Å². The number of amides is 1. The zero-order chi connectivity index (χ0) is 12.4. The number of hydrogen-bond donors (Lipinski definition) is 1. The van der Waals surface area contributed by atoms with Crippen molar-refractivity contribution in [1.29, 1.82) is 0 Å². The largest absolute Gasteiger partial charge is 0.334 e. The second-order valence-electron chi connectivity index (χ2n) is 4.52. The van der Waals surface area contributed by atoms with Gasteiger partial charge in [-0.1, -0.05) is 0 Å². The van der Waals surface area contributed by atoms with Crippen LogP contribution in [0.5, 0.6) is 0 Å². The third kappa shape index (κ3) is 2.29. The Kier molecular flexibility index (Phi) is 3.38. The Labute approximate surface area is 101 Å². The van der Waals surface area contributed by atoms with Crippen molar-refractivity contribution in [3.63, 3.8) is 0 Å². The van der Waals surface area contributed by atoms with Gasteiger partial charge in [0.25, 0.3) is 5.91 Å². The second-order valence-corrected chi connectivity index (χ2v) is 4.52. The average molecular weight is 234 g/mol. The van der Waals surface area contributed by atoms with Gasteiger partial charge in [-0.2, -0.15) is 10.2 Å². The molecule has 0 aliphatic carbocycles. The monoisotopic (exact) mass is 234 g/mol. The van der Waals surface area contributed by atoms with Crippen molar-refractivity contribution in [2.45, 2.75) is 32.7 Å². The fraction of sp³-hybridized carbons (Fsp3) is 0.583. The third-order valence-electron chi connectivity index (χ3n) is 3.24. The Hall–Kier alpha value is -1.49. The van der Waals surface area contributed by atoms with Crippen molar-refractivity contribution in [1.82, 2.24) is 15.1 Å². The molecule has 5 heteroatoms.